The highest BCUT2D eigenvalue weighted by atomic mass is 35.5. The summed E-state index contributed by atoms with van der Waals surface area (Å²) >= 11 is 6.23. The molecule has 0 spiro atoms. The highest BCUT2D eigenvalue weighted by Gasteiger charge is 2.33. The molecule has 214 valence electrons. The maximum absolute atomic E-state index is 14.1. The molecule has 1 N–H and O–H groups in total. The predicted molar refractivity (Wildman–Crippen MR) is 158 cm³/mol. The second kappa shape index (κ2) is 14.2. The van der Waals surface area contributed by atoms with Crippen molar-refractivity contribution in [3.63, 3.8) is 0 Å². The molecule has 0 saturated carbocycles. The Kier molecular flexibility index (Phi) is 11.0. The summed E-state index contributed by atoms with van der Waals surface area (Å²) in [6.07, 6.45) is 1.10. The third-order valence-electron chi connectivity index (χ3n) is 6.56. The van der Waals surface area contributed by atoms with Gasteiger partial charge in [0.05, 0.1) is 17.7 Å². The zero-order valence-electron chi connectivity index (χ0n) is 23.3. The maximum Gasteiger partial charge on any atom is 0.264 e. The van der Waals surface area contributed by atoms with Gasteiger partial charge in [0.2, 0.25) is 11.8 Å². The molecular weight excluding hydrogens is 550 g/mol. The van der Waals surface area contributed by atoms with E-state index in [0.717, 1.165) is 21.9 Å². The first-order valence-corrected chi connectivity index (χ1v) is 15.0. The number of amides is 2. The molecule has 0 radical (unpaired) electrons. The number of ether oxygens (including phenoxy) is 1. The summed E-state index contributed by atoms with van der Waals surface area (Å²) in [5.74, 6) is -0.296. The van der Waals surface area contributed by atoms with E-state index in [-0.39, 0.29) is 23.0 Å². The zero-order chi connectivity index (χ0) is 29.3. The molecule has 0 unspecified atom stereocenters. The van der Waals surface area contributed by atoms with Crippen molar-refractivity contribution in [1.82, 2.24) is 10.2 Å². The van der Waals surface area contributed by atoms with E-state index in [9.17, 15) is 18.0 Å². The summed E-state index contributed by atoms with van der Waals surface area (Å²) in [7, 11) is -2.71. The number of methoxy groups -OCH3 is 1. The SMILES string of the molecule is CCCNC(=O)[C@@H](CC)N(Cc1ccccc1C)C(=O)CN(c1cccc(Cl)c1)S(=O)(=O)c1ccc(OC)cc1. The fraction of sp³-hybridized carbons (Fsp3) is 0.333. The normalized spacial score (nSPS) is 11.9. The number of nitrogens with zero attached hydrogens (tertiary/aromatic N) is 2. The fourth-order valence-corrected chi connectivity index (χ4v) is 5.88. The fourth-order valence-electron chi connectivity index (χ4n) is 4.29. The number of nitrogens with one attached hydrogen (secondary N) is 1. The molecule has 1 atom stereocenters. The average Bonchev–Trinajstić information content (AvgIpc) is 2.95. The molecule has 2 amide bonds. The lowest BCUT2D eigenvalue weighted by Gasteiger charge is -2.33. The molecule has 10 heteroatoms. The lowest BCUT2D eigenvalue weighted by Crippen LogP contribution is -2.52. The number of carbonyl (C=O) groups excluding carboxylic acids is 2. The van der Waals surface area contributed by atoms with Crippen LogP contribution in [0.3, 0.4) is 0 Å². The van der Waals surface area contributed by atoms with Crippen molar-refractivity contribution >= 4 is 39.1 Å². The van der Waals surface area contributed by atoms with Crippen LogP contribution in [0.5, 0.6) is 5.75 Å². The van der Waals surface area contributed by atoms with Gasteiger partial charge in [-0.1, -0.05) is 55.8 Å². The van der Waals surface area contributed by atoms with Gasteiger partial charge in [0.25, 0.3) is 10.0 Å². The van der Waals surface area contributed by atoms with Gasteiger partial charge in [-0.25, -0.2) is 8.42 Å². The molecule has 0 aliphatic carbocycles. The number of sulfonamides is 1. The van der Waals surface area contributed by atoms with Gasteiger partial charge in [-0.3, -0.25) is 13.9 Å². The quantitative estimate of drug-likeness (QED) is 0.298. The molecule has 3 aromatic rings. The van der Waals surface area contributed by atoms with Crippen LogP contribution < -0.4 is 14.4 Å². The topological polar surface area (TPSA) is 96.0 Å². The second-order valence-corrected chi connectivity index (χ2v) is 11.6. The van der Waals surface area contributed by atoms with E-state index in [1.807, 2.05) is 45.0 Å². The Morgan fingerprint density at radius 2 is 1.70 bits per heavy atom. The molecule has 40 heavy (non-hydrogen) atoms. The summed E-state index contributed by atoms with van der Waals surface area (Å²) in [4.78, 5) is 28.7. The van der Waals surface area contributed by atoms with Crippen LogP contribution in [0.4, 0.5) is 5.69 Å². The van der Waals surface area contributed by atoms with Crippen molar-refractivity contribution in [3.05, 3.63) is 88.9 Å². The van der Waals surface area contributed by atoms with Crippen molar-refractivity contribution in [2.45, 2.75) is 51.1 Å². The van der Waals surface area contributed by atoms with E-state index in [1.165, 1.54) is 30.2 Å². The monoisotopic (exact) mass is 585 g/mol. The van der Waals surface area contributed by atoms with Crippen LogP contribution in [-0.4, -0.2) is 51.4 Å². The molecular formula is C30H36ClN3O5S. The highest BCUT2D eigenvalue weighted by Crippen LogP contribution is 2.28. The van der Waals surface area contributed by atoms with E-state index in [1.54, 1.807) is 30.3 Å². The number of carbonyl (C=O) groups is 2. The van der Waals surface area contributed by atoms with Gasteiger partial charge in [0.1, 0.15) is 18.3 Å². The minimum atomic E-state index is -4.20. The number of benzene rings is 3. The van der Waals surface area contributed by atoms with Crippen LogP contribution in [0.15, 0.2) is 77.7 Å². The molecule has 3 aromatic carbocycles. The third-order valence-corrected chi connectivity index (χ3v) is 8.58. The van der Waals surface area contributed by atoms with Crippen LogP contribution >= 0.6 is 11.6 Å². The van der Waals surface area contributed by atoms with Gasteiger partial charge < -0.3 is 15.0 Å². The predicted octanol–water partition coefficient (Wildman–Crippen LogP) is 5.19. The van der Waals surface area contributed by atoms with Crippen LogP contribution in [-0.2, 0) is 26.2 Å². The molecule has 0 aromatic heterocycles. The minimum Gasteiger partial charge on any atom is -0.497 e. The van der Waals surface area contributed by atoms with E-state index in [2.05, 4.69) is 5.32 Å². The number of hydrogen-bond donors (Lipinski definition) is 1. The molecule has 0 aliphatic heterocycles. The molecule has 0 fully saturated rings. The first-order chi connectivity index (χ1) is 19.1. The van der Waals surface area contributed by atoms with E-state index < -0.39 is 28.5 Å². The van der Waals surface area contributed by atoms with E-state index >= 15 is 0 Å². The summed E-state index contributed by atoms with van der Waals surface area (Å²) in [6, 6.07) is 19.1. The summed E-state index contributed by atoms with van der Waals surface area (Å²) in [5, 5.41) is 3.21. The van der Waals surface area contributed by atoms with E-state index in [0.29, 0.717) is 23.7 Å². The van der Waals surface area contributed by atoms with E-state index in [4.69, 9.17) is 16.3 Å². The number of halogens is 1. The molecule has 8 nitrogen and oxygen atoms in total. The summed E-state index contributed by atoms with van der Waals surface area (Å²) < 4.78 is 34.0. The number of aryl methyl sites for hydroxylation is 1. The Labute approximate surface area is 241 Å². The number of hydrogen-bond acceptors (Lipinski definition) is 5. The van der Waals surface area contributed by atoms with Crippen LogP contribution in [0.2, 0.25) is 5.02 Å². The maximum atomic E-state index is 14.1. The zero-order valence-corrected chi connectivity index (χ0v) is 24.8. The first kappa shape index (κ1) is 31.0. The van der Waals surface area contributed by atoms with Crippen LogP contribution in [0, 0.1) is 6.92 Å². The van der Waals surface area contributed by atoms with Crippen molar-refractivity contribution in [2.24, 2.45) is 0 Å². The second-order valence-electron chi connectivity index (χ2n) is 9.33. The van der Waals surface area contributed by atoms with Crippen molar-refractivity contribution in [3.8, 4) is 5.75 Å². The highest BCUT2D eigenvalue weighted by molar-refractivity contribution is 7.92. The van der Waals surface area contributed by atoms with Crippen LogP contribution in [0.25, 0.3) is 0 Å². The Hall–Kier alpha value is -3.56. The minimum absolute atomic E-state index is 0.0146. The number of anilines is 1. The van der Waals surface area contributed by atoms with Crippen molar-refractivity contribution in [2.75, 3.05) is 24.5 Å². The van der Waals surface area contributed by atoms with Crippen molar-refractivity contribution < 1.29 is 22.7 Å². The Bertz CT molecular complexity index is 1410. The summed E-state index contributed by atoms with van der Waals surface area (Å²) in [5.41, 5.74) is 2.06. The Balaban J connectivity index is 2.06. The average molecular weight is 586 g/mol. The molecule has 0 aliphatic rings. The first-order valence-electron chi connectivity index (χ1n) is 13.2. The molecule has 0 saturated heterocycles. The Morgan fingerprint density at radius 1 is 1.00 bits per heavy atom. The lowest BCUT2D eigenvalue weighted by molar-refractivity contribution is -0.140. The van der Waals surface area contributed by atoms with Gasteiger partial charge in [-0.2, -0.15) is 0 Å². The van der Waals surface area contributed by atoms with Gasteiger partial charge in [0.15, 0.2) is 0 Å². The van der Waals surface area contributed by atoms with Gasteiger partial charge in [0, 0.05) is 18.1 Å². The van der Waals surface area contributed by atoms with Crippen LogP contribution in [0.1, 0.15) is 37.8 Å². The van der Waals surface area contributed by atoms with Gasteiger partial charge in [-0.15, -0.1) is 0 Å². The van der Waals surface area contributed by atoms with Gasteiger partial charge in [-0.05, 0) is 73.4 Å². The third kappa shape index (κ3) is 7.55. The number of rotatable bonds is 13. The summed E-state index contributed by atoms with van der Waals surface area (Å²) in [6.45, 7) is 5.81. The Morgan fingerprint density at radius 3 is 2.30 bits per heavy atom. The standard InChI is InChI=1S/C30H36ClN3O5S/c1-5-18-32-30(36)28(6-2)33(20-23-11-8-7-10-22(23)3)29(35)21-34(25-13-9-12-24(31)19-25)40(37,38)27-16-14-26(39-4)15-17-27/h7-17,19,28H,5-6,18,20-21H2,1-4H3,(H,32,36)/t28-/m1/s1. The molecule has 0 heterocycles. The molecule has 0 bridgehead atoms. The molecule has 3 rings (SSSR count). The van der Waals surface area contributed by atoms with Gasteiger partial charge >= 0.3 is 0 Å². The smallest absolute Gasteiger partial charge is 0.264 e. The lowest BCUT2D eigenvalue weighted by atomic mass is 10.1. The van der Waals surface area contributed by atoms with Crippen molar-refractivity contribution in [1.29, 1.82) is 0 Å². The largest absolute Gasteiger partial charge is 0.497 e.